The van der Waals surface area contributed by atoms with Gasteiger partial charge in [0, 0.05) is 5.56 Å². The number of nitrogens with one attached hydrogen (secondary N) is 1. The first-order valence-corrected chi connectivity index (χ1v) is 9.61. The lowest BCUT2D eigenvalue weighted by Crippen LogP contribution is -2.23. The van der Waals surface area contributed by atoms with Crippen LogP contribution in [0.15, 0.2) is 58.3 Å². The highest BCUT2D eigenvalue weighted by molar-refractivity contribution is 6.42. The third-order valence-corrected chi connectivity index (χ3v) is 5.03. The van der Waals surface area contributed by atoms with Crippen LogP contribution in [0.5, 0.6) is 0 Å². The van der Waals surface area contributed by atoms with E-state index in [1.165, 1.54) is 0 Å². The Morgan fingerprint density at radius 2 is 1.90 bits per heavy atom. The monoisotopic (exact) mass is 456 g/mol. The summed E-state index contributed by atoms with van der Waals surface area (Å²) < 4.78 is 5.78. The number of aromatic nitrogens is 5. The van der Waals surface area contributed by atoms with Crippen LogP contribution in [0.25, 0.3) is 17.1 Å². The number of anilines is 1. The molecular formula is C19H14Cl2N8O2. The Morgan fingerprint density at radius 1 is 1.13 bits per heavy atom. The van der Waals surface area contributed by atoms with Crippen molar-refractivity contribution in [2.75, 3.05) is 5.73 Å². The fourth-order valence-electron chi connectivity index (χ4n) is 2.74. The zero-order valence-electron chi connectivity index (χ0n) is 16.0. The van der Waals surface area contributed by atoms with Gasteiger partial charge in [0.2, 0.25) is 11.6 Å². The van der Waals surface area contributed by atoms with Crippen molar-refractivity contribution in [1.29, 1.82) is 0 Å². The fourth-order valence-corrected chi connectivity index (χ4v) is 3.03. The van der Waals surface area contributed by atoms with Gasteiger partial charge in [-0.25, -0.2) is 10.1 Å². The van der Waals surface area contributed by atoms with Crippen LogP contribution in [0.3, 0.4) is 0 Å². The molecule has 12 heteroatoms. The summed E-state index contributed by atoms with van der Waals surface area (Å²) in [4.78, 5) is 13.1. The molecule has 0 aliphatic rings. The molecule has 1 amide bonds. The van der Waals surface area contributed by atoms with E-state index in [1.807, 2.05) is 18.2 Å². The van der Waals surface area contributed by atoms with E-state index in [9.17, 15) is 4.79 Å². The number of hydrogen-bond donors (Lipinski definition) is 2. The van der Waals surface area contributed by atoms with Crippen LogP contribution in [0.2, 0.25) is 10.0 Å². The number of hydrogen-bond acceptors (Lipinski definition) is 8. The zero-order chi connectivity index (χ0) is 22.0. The highest BCUT2D eigenvalue weighted by Crippen LogP contribution is 2.25. The quantitative estimate of drug-likeness (QED) is 0.346. The van der Waals surface area contributed by atoms with E-state index in [0.29, 0.717) is 32.6 Å². The summed E-state index contributed by atoms with van der Waals surface area (Å²) >= 11 is 12.0. The van der Waals surface area contributed by atoms with Crippen LogP contribution >= 0.6 is 23.2 Å². The molecule has 0 saturated heterocycles. The molecule has 0 saturated carbocycles. The number of carbonyl (C=O) groups excluding carboxylic acids is 1. The molecule has 2 aromatic heterocycles. The topological polar surface area (TPSA) is 137 Å². The molecule has 31 heavy (non-hydrogen) atoms. The third kappa shape index (κ3) is 4.11. The average Bonchev–Trinajstić information content (AvgIpc) is 3.40. The number of carbonyl (C=O) groups is 1. The first-order chi connectivity index (χ1) is 15.0. The highest BCUT2D eigenvalue weighted by atomic mass is 35.5. The molecule has 0 fully saturated rings. The number of nitrogens with two attached hydrogens (primary N) is 1. The van der Waals surface area contributed by atoms with Gasteiger partial charge in [0.15, 0.2) is 5.69 Å². The van der Waals surface area contributed by atoms with Gasteiger partial charge in [-0.1, -0.05) is 64.8 Å². The van der Waals surface area contributed by atoms with Crippen LogP contribution < -0.4 is 11.2 Å². The number of nitrogens with zero attached hydrogens (tertiary/aromatic N) is 6. The number of hydrazone groups is 1. The molecule has 3 N–H and O–H groups in total. The first-order valence-electron chi connectivity index (χ1n) is 8.85. The maximum absolute atomic E-state index is 13.1. The maximum Gasteiger partial charge on any atom is 0.292 e. The molecule has 0 unspecified atom stereocenters. The lowest BCUT2D eigenvalue weighted by molar-refractivity contribution is 0.0947. The smallest absolute Gasteiger partial charge is 0.292 e. The molecule has 0 spiro atoms. The van der Waals surface area contributed by atoms with Gasteiger partial charge in [-0.05, 0) is 34.9 Å². The molecule has 0 radical (unpaired) electrons. The Balaban J connectivity index is 1.71. The number of halogens is 2. The van der Waals surface area contributed by atoms with Gasteiger partial charge in [0.1, 0.15) is 5.69 Å². The van der Waals surface area contributed by atoms with E-state index in [4.69, 9.17) is 28.9 Å². The average molecular weight is 457 g/mol. The van der Waals surface area contributed by atoms with Gasteiger partial charge in [-0.15, -0.1) is 5.10 Å². The Bertz CT molecular complexity index is 1280. The maximum atomic E-state index is 13.1. The largest absolute Gasteiger partial charge is 0.378 e. The molecule has 10 nitrogen and oxygen atoms in total. The summed E-state index contributed by atoms with van der Waals surface area (Å²) in [6.45, 7) is 1.72. The number of rotatable bonds is 5. The van der Waals surface area contributed by atoms with Crippen molar-refractivity contribution in [1.82, 2.24) is 30.7 Å². The van der Waals surface area contributed by atoms with Gasteiger partial charge < -0.3 is 5.73 Å². The predicted molar refractivity (Wildman–Crippen MR) is 115 cm³/mol. The van der Waals surface area contributed by atoms with Crippen LogP contribution in [-0.4, -0.2) is 36.9 Å². The van der Waals surface area contributed by atoms with Crippen molar-refractivity contribution >= 4 is 40.6 Å². The van der Waals surface area contributed by atoms with E-state index >= 15 is 0 Å². The lowest BCUT2D eigenvalue weighted by Gasteiger charge is -2.07. The van der Waals surface area contributed by atoms with Crippen molar-refractivity contribution in [2.24, 2.45) is 5.10 Å². The van der Waals surface area contributed by atoms with Crippen LogP contribution in [0, 0.1) is 0 Å². The van der Waals surface area contributed by atoms with Crippen LogP contribution in [-0.2, 0) is 0 Å². The Hall–Kier alpha value is -3.76. The summed E-state index contributed by atoms with van der Waals surface area (Å²) in [5, 5.41) is 20.3. The molecular weight excluding hydrogens is 443 g/mol. The Morgan fingerprint density at radius 3 is 2.58 bits per heavy atom. The first kappa shape index (κ1) is 20.5. The number of benzene rings is 2. The second-order valence-corrected chi connectivity index (χ2v) is 7.12. The van der Waals surface area contributed by atoms with Gasteiger partial charge in [0.25, 0.3) is 5.91 Å². The van der Waals surface area contributed by atoms with Gasteiger partial charge in [-0.3, -0.25) is 4.79 Å². The standard InChI is InChI=1S/C19H14Cl2N8O2/c1-10(12-7-8-13(20)14(21)9-12)23-25-19(30)16-15(11-5-3-2-4-6-11)24-28-29(16)18-17(22)26-31-27-18/h2-9H,1H3,(H2,22,26)(H,25,30). The predicted octanol–water partition coefficient (Wildman–Crippen LogP) is 3.36. The highest BCUT2D eigenvalue weighted by Gasteiger charge is 2.26. The van der Waals surface area contributed by atoms with Crippen molar-refractivity contribution in [3.05, 3.63) is 69.8 Å². The zero-order valence-corrected chi connectivity index (χ0v) is 17.5. The molecule has 0 atom stereocenters. The minimum atomic E-state index is -0.592. The van der Waals surface area contributed by atoms with E-state index in [0.717, 1.165) is 4.68 Å². The van der Waals surface area contributed by atoms with E-state index in [2.05, 4.69) is 35.8 Å². The van der Waals surface area contributed by atoms with Crippen molar-refractivity contribution < 1.29 is 9.42 Å². The third-order valence-electron chi connectivity index (χ3n) is 4.29. The second kappa shape index (κ2) is 8.54. The van der Waals surface area contributed by atoms with Gasteiger partial charge in [0.05, 0.1) is 15.8 Å². The van der Waals surface area contributed by atoms with Crippen molar-refractivity contribution in [3.63, 3.8) is 0 Å². The van der Waals surface area contributed by atoms with Crippen molar-refractivity contribution in [3.8, 4) is 17.1 Å². The normalized spacial score (nSPS) is 11.5. The Kier molecular flexibility index (Phi) is 5.65. The number of nitrogen functional groups attached to an aromatic ring is 1. The molecule has 156 valence electrons. The summed E-state index contributed by atoms with van der Waals surface area (Å²) in [5.41, 5.74) is 10.5. The summed E-state index contributed by atoms with van der Waals surface area (Å²) in [6.07, 6.45) is 0. The molecule has 2 heterocycles. The molecule has 4 rings (SSSR count). The summed E-state index contributed by atoms with van der Waals surface area (Å²) in [5.74, 6) is -0.607. The molecule has 4 aromatic rings. The number of amides is 1. The van der Waals surface area contributed by atoms with Gasteiger partial charge in [-0.2, -0.15) is 9.78 Å². The molecule has 0 bridgehead atoms. The summed E-state index contributed by atoms with van der Waals surface area (Å²) in [6, 6.07) is 14.1. The lowest BCUT2D eigenvalue weighted by atomic mass is 10.1. The molecule has 0 aliphatic carbocycles. The van der Waals surface area contributed by atoms with Crippen LogP contribution in [0.4, 0.5) is 5.82 Å². The fraction of sp³-hybridized carbons (Fsp3) is 0.0526. The SMILES string of the molecule is CC(=NNC(=O)c1c(-c2ccccc2)nnn1-c1nonc1N)c1ccc(Cl)c(Cl)c1. The van der Waals surface area contributed by atoms with E-state index < -0.39 is 5.91 Å². The Labute approximate surface area is 185 Å². The van der Waals surface area contributed by atoms with Crippen LogP contribution in [0.1, 0.15) is 23.0 Å². The second-order valence-electron chi connectivity index (χ2n) is 6.30. The van der Waals surface area contributed by atoms with E-state index in [-0.39, 0.29) is 17.3 Å². The molecule has 0 aliphatic heterocycles. The minimum Gasteiger partial charge on any atom is -0.378 e. The minimum absolute atomic E-state index is 0.0324. The van der Waals surface area contributed by atoms with Crippen molar-refractivity contribution in [2.45, 2.75) is 6.92 Å². The summed E-state index contributed by atoms with van der Waals surface area (Å²) in [7, 11) is 0. The van der Waals surface area contributed by atoms with E-state index in [1.54, 1.807) is 37.3 Å². The molecule has 2 aromatic carbocycles. The van der Waals surface area contributed by atoms with Gasteiger partial charge >= 0.3 is 0 Å².